The summed E-state index contributed by atoms with van der Waals surface area (Å²) >= 11 is 4.69. The first-order chi connectivity index (χ1) is 15.3. The van der Waals surface area contributed by atoms with Gasteiger partial charge in [-0.1, -0.05) is 39.2 Å². The van der Waals surface area contributed by atoms with Crippen LogP contribution in [0.3, 0.4) is 0 Å². The van der Waals surface area contributed by atoms with Crippen LogP contribution in [-0.4, -0.2) is 40.2 Å². The van der Waals surface area contributed by atoms with Crippen molar-refractivity contribution in [3.8, 4) is 5.88 Å². The molecule has 178 valence electrons. The summed E-state index contributed by atoms with van der Waals surface area (Å²) < 4.78 is 5.92. The molecule has 1 aromatic rings. The number of aromatic nitrogens is 2. The summed E-state index contributed by atoms with van der Waals surface area (Å²) in [5.74, 6) is 1.74. The van der Waals surface area contributed by atoms with E-state index in [0.29, 0.717) is 30.7 Å². The minimum atomic E-state index is -0.182. The van der Waals surface area contributed by atoms with Crippen LogP contribution in [0.2, 0.25) is 0 Å². The number of carbonyl (C=O) groups excluding carboxylic acids is 1. The summed E-state index contributed by atoms with van der Waals surface area (Å²) in [5, 5.41) is 3.60. The number of nitrogens with one attached hydrogen (secondary N) is 1. The molecule has 1 fully saturated rings. The normalized spacial score (nSPS) is 25.1. The van der Waals surface area contributed by atoms with Gasteiger partial charge in [-0.3, -0.25) is 4.79 Å². The third-order valence-corrected chi connectivity index (χ3v) is 7.54. The second-order valence-electron chi connectivity index (χ2n) is 9.82. The highest BCUT2D eigenvalue weighted by Gasteiger charge is 2.34. The van der Waals surface area contributed by atoms with Crippen molar-refractivity contribution in [3.63, 3.8) is 0 Å². The van der Waals surface area contributed by atoms with Crippen LogP contribution in [0, 0.1) is 17.8 Å². The van der Waals surface area contributed by atoms with Gasteiger partial charge in [0.1, 0.15) is 6.61 Å². The Morgan fingerprint density at radius 1 is 1.25 bits per heavy atom. The quantitative estimate of drug-likeness (QED) is 0.365. The standard InChI is InChI=1S/C25H40N4O2S/c1-15(2)23(24(30)18-10-5-6-11-20(18)32)27-12-13-31-21-14-19(28-25(26)29-21)22-16(3)8-7-9-17(22)4/h14-16,18,20,23,27,32H,5-13H2,1-4H3,(H2,26,28,29). The Labute approximate surface area is 198 Å². The van der Waals surface area contributed by atoms with Crippen molar-refractivity contribution in [2.75, 3.05) is 18.9 Å². The van der Waals surface area contributed by atoms with Crippen molar-refractivity contribution >= 4 is 29.9 Å². The van der Waals surface area contributed by atoms with E-state index in [-0.39, 0.29) is 29.1 Å². The molecule has 1 aromatic heterocycles. The molecule has 0 bridgehead atoms. The van der Waals surface area contributed by atoms with Crippen LogP contribution in [0.15, 0.2) is 11.6 Å². The highest BCUT2D eigenvalue weighted by Crippen LogP contribution is 2.36. The van der Waals surface area contributed by atoms with Crippen LogP contribution < -0.4 is 15.8 Å². The zero-order chi connectivity index (χ0) is 23.3. The fraction of sp³-hybridized carbons (Fsp3) is 0.720. The zero-order valence-corrected chi connectivity index (χ0v) is 21.0. The summed E-state index contributed by atoms with van der Waals surface area (Å²) in [6.07, 6.45) is 7.75. The largest absolute Gasteiger partial charge is 0.476 e. The third kappa shape index (κ3) is 6.25. The zero-order valence-electron chi connectivity index (χ0n) is 20.1. The molecule has 0 saturated heterocycles. The maximum absolute atomic E-state index is 13.1. The Balaban J connectivity index is 1.59. The maximum Gasteiger partial charge on any atom is 0.223 e. The van der Waals surface area contributed by atoms with E-state index in [1.807, 2.05) is 6.07 Å². The first kappa shape index (κ1) is 25.0. The number of hydrogen-bond acceptors (Lipinski definition) is 7. The molecule has 0 radical (unpaired) electrons. The van der Waals surface area contributed by atoms with Crippen molar-refractivity contribution in [3.05, 3.63) is 17.3 Å². The number of nitrogens with zero attached hydrogens (tertiary/aromatic N) is 2. The van der Waals surface area contributed by atoms with E-state index in [1.54, 1.807) is 0 Å². The lowest BCUT2D eigenvalue weighted by molar-refractivity contribution is -0.126. The number of nitrogens with two attached hydrogens (primary N) is 1. The summed E-state index contributed by atoms with van der Waals surface area (Å²) in [4.78, 5) is 21.9. The molecule has 6 nitrogen and oxygen atoms in total. The number of thiol groups is 1. The van der Waals surface area contributed by atoms with Crippen LogP contribution in [0.5, 0.6) is 5.88 Å². The number of Topliss-reactive ketones (excluding diaryl/α,β-unsaturated/α-hetero) is 1. The molecule has 4 unspecified atom stereocenters. The average Bonchev–Trinajstić information content (AvgIpc) is 2.73. The lowest BCUT2D eigenvalue weighted by Crippen LogP contribution is -2.47. The van der Waals surface area contributed by atoms with E-state index in [2.05, 4.69) is 55.6 Å². The van der Waals surface area contributed by atoms with E-state index in [9.17, 15) is 4.79 Å². The molecule has 2 aliphatic carbocycles. The van der Waals surface area contributed by atoms with Crippen molar-refractivity contribution in [1.82, 2.24) is 15.3 Å². The summed E-state index contributed by atoms with van der Waals surface area (Å²) in [7, 11) is 0. The third-order valence-electron chi connectivity index (χ3n) is 6.92. The van der Waals surface area contributed by atoms with Crippen LogP contribution >= 0.6 is 12.6 Å². The fourth-order valence-corrected chi connectivity index (χ4v) is 5.69. The fourth-order valence-electron chi connectivity index (χ4n) is 5.21. The lowest BCUT2D eigenvalue weighted by Gasteiger charge is -2.32. The summed E-state index contributed by atoms with van der Waals surface area (Å²) in [6, 6.07) is 1.72. The lowest BCUT2D eigenvalue weighted by atomic mass is 9.81. The highest BCUT2D eigenvalue weighted by molar-refractivity contribution is 7.81. The highest BCUT2D eigenvalue weighted by atomic mass is 32.1. The smallest absolute Gasteiger partial charge is 0.223 e. The summed E-state index contributed by atoms with van der Waals surface area (Å²) in [6.45, 7) is 9.58. The Morgan fingerprint density at radius 3 is 2.69 bits per heavy atom. The number of ether oxygens (including phenoxy) is 1. The minimum Gasteiger partial charge on any atom is -0.476 e. The van der Waals surface area contributed by atoms with E-state index < -0.39 is 0 Å². The Bertz CT molecular complexity index is 826. The van der Waals surface area contributed by atoms with Gasteiger partial charge < -0.3 is 15.8 Å². The molecule has 0 aliphatic heterocycles. The van der Waals surface area contributed by atoms with Crippen molar-refractivity contribution in [2.24, 2.45) is 17.8 Å². The van der Waals surface area contributed by atoms with E-state index >= 15 is 0 Å². The molecule has 1 saturated carbocycles. The van der Waals surface area contributed by atoms with Crippen LogP contribution in [0.25, 0.3) is 5.57 Å². The number of ketones is 1. The monoisotopic (exact) mass is 460 g/mol. The van der Waals surface area contributed by atoms with Gasteiger partial charge in [-0.15, -0.1) is 0 Å². The molecule has 0 aromatic carbocycles. The number of allylic oxidation sites excluding steroid dienone is 2. The molecular weight excluding hydrogens is 420 g/mol. The molecular formula is C25H40N4O2S. The topological polar surface area (TPSA) is 90.1 Å². The number of carbonyl (C=O) groups is 1. The van der Waals surface area contributed by atoms with E-state index in [0.717, 1.165) is 37.8 Å². The molecule has 32 heavy (non-hydrogen) atoms. The number of anilines is 1. The molecule has 3 rings (SSSR count). The van der Waals surface area contributed by atoms with Gasteiger partial charge >= 0.3 is 0 Å². The second kappa shape index (κ2) is 11.5. The minimum absolute atomic E-state index is 0.0473. The van der Waals surface area contributed by atoms with Crippen molar-refractivity contribution < 1.29 is 9.53 Å². The van der Waals surface area contributed by atoms with E-state index in [1.165, 1.54) is 24.0 Å². The first-order valence-corrected chi connectivity index (χ1v) is 12.7. The Hall–Kier alpha value is -1.60. The number of hydrogen-bond donors (Lipinski definition) is 3. The van der Waals surface area contributed by atoms with Crippen LogP contribution in [0.4, 0.5) is 5.95 Å². The Morgan fingerprint density at radius 2 is 2.00 bits per heavy atom. The molecule has 7 heteroatoms. The van der Waals surface area contributed by atoms with Crippen LogP contribution in [0.1, 0.15) is 78.3 Å². The van der Waals surface area contributed by atoms with Gasteiger partial charge in [0.2, 0.25) is 11.8 Å². The predicted molar refractivity (Wildman–Crippen MR) is 134 cm³/mol. The molecule has 1 heterocycles. The van der Waals surface area contributed by atoms with Gasteiger partial charge in [0.15, 0.2) is 5.78 Å². The molecule has 0 spiro atoms. The van der Waals surface area contributed by atoms with Crippen molar-refractivity contribution in [1.29, 1.82) is 0 Å². The summed E-state index contributed by atoms with van der Waals surface area (Å²) in [5.41, 5.74) is 9.51. The van der Waals surface area contributed by atoms with Gasteiger partial charge in [0.25, 0.3) is 0 Å². The van der Waals surface area contributed by atoms with Gasteiger partial charge in [-0.2, -0.15) is 17.6 Å². The Kier molecular flexibility index (Phi) is 9.00. The van der Waals surface area contributed by atoms with Gasteiger partial charge in [-0.05, 0) is 56.4 Å². The average molecular weight is 461 g/mol. The second-order valence-corrected chi connectivity index (χ2v) is 10.5. The maximum atomic E-state index is 13.1. The van der Waals surface area contributed by atoms with Crippen molar-refractivity contribution in [2.45, 2.75) is 83.9 Å². The molecule has 3 N–H and O–H groups in total. The van der Waals surface area contributed by atoms with Gasteiger partial charge in [-0.25, -0.2) is 4.98 Å². The molecule has 2 aliphatic rings. The molecule has 0 amide bonds. The molecule has 4 atom stereocenters. The predicted octanol–water partition coefficient (Wildman–Crippen LogP) is 4.70. The SMILES string of the molecule is CC1=C(c2cc(OCCNC(C(=O)C3CCCCC3S)C(C)C)nc(N)n2)C(C)CCC1. The number of rotatable bonds is 9. The first-order valence-electron chi connectivity index (χ1n) is 12.2. The number of nitrogen functional groups attached to an aromatic ring is 1. The van der Waals surface area contributed by atoms with Gasteiger partial charge in [0.05, 0.1) is 11.7 Å². The van der Waals surface area contributed by atoms with Crippen LogP contribution in [-0.2, 0) is 4.79 Å². The van der Waals surface area contributed by atoms with E-state index in [4.69, 9.17) is 10.5 Å². The van der Waals surface area contributed by atoms with Gasteiger partial charge in [0, 0.05) is 23.8 Å².